The van der Waals surface area contributed by atoms with Crippen molar-refractivity contribution in [2.75, 3.05) is 57.9 Å². The topological polar surface area (TPSA) is 250 Å². The molecule has 7 aromatic rings. The van der Waals surface area contributed by atoms with Gasteiger partial charge >= 0.3 is 0 Å². The van der Waals surface area contributed by atoms with Gasteiger partial charge in [-0.25, -0.2) is 16.8 Å². The van der Waals surface area contributed by atoms with Gasteiger partial charge in [0.25, 0.3) is 17.7 Å². The average Bonchev–Trinajstić information content (AvgIpc) is 3.99. The maximum atomic E-state index is 13.4. The molecule has 4 aromatic carbocycles. The van der Waals surface area contributed by atoms with E-state index in [1.54, 1.807) is 61.5 Å². The summed E-state index contributed by atoms with van der Waals surface area (Å²) in [6.07, 6.45) is 2.12. The van der Waals surface area contributed by atoms with Crippen LogP contribution in [0.1, 0.15) is 87.4 Å². The number of aromatic nitrogens is 2. The first-order valence-corrected chi connectivity index (χ1v) is 26.8. The summed E-state index contributed by atoms with van der Waals surface area (Å²) in [4.78, 5) is 40.4. The molecule has 0 aliphatic heterocycles. The van der Waals surface area contributed by atoms with Gasteiger partial charge in [-0.2, -0.15) is 0 Å². The normalized spacial score (nSPS) is 11.9. The highest BCUT2D eigenvalue weighted by Crippen LogP contribution is 2.42. The lowest BCUT2D eigenvalue weighted by molar-refractivity contribution is 0.102. The van der Waals surface area contributed by atoms with Gasteiger partial charge in [0.05, 0.1) is 80.0 Å². The standard InChI is InChI=1S/C25H27N5O5S3.C21H25N3O4S2/c1-13-21(37-30-28-13)24(32)26-16-9-7-8-14-10-19(36-22(14)16)23(31)27-17-11-15(25(2,3)4)12-18(20(17)35-5)29-38(6,33)34;1-21(2,3)13-10-15(18(28-4)16(11-13)24-30(5,26)27)23-20(25)17-9-12-7-6-8-14(22)19(12)29-17/h7-12,29H,1-6H3,(H,26,32)(H,27,31);6-11,24H,22H2,1-5H3,(H,23,25). The molecule has 68 heavy (non-hydrogen) atoms. The van der Waals surface area contributed by atoms with Gasteiger partial charge in [-0.3, -0.25) is 23.8 Å². The molecular weight excluding hydrogens is 969 g/mol. The Bertz CT molecular complexity index is 3310. The number of sulfonamides is 2. The fraction of sp³-hybridized carbons (Fsp3) is 0.283. The van der Waals surface area contributed by atoms with E-state index in [2.05, 4.69) is 35.0 Å². The number of carbonyl (C=O) groups is 3. The number of hydrogen-bond donors (Lipinski definition) is 6. The molecule has 0 atom stereocenters. The van der Waals surface area contributed by atoms with Crippen LogP contribution in [0.5, 0.6) is 11.5 Å². The minimum atomic E-state index is -3.60. The number of nitrogens with two attached hydrogens (primary N) is 1. The number of methoxy groups -OCH3 is 2. The number of fused-ring (bicyclic) bond motifs is 2. The van der Waals surface area contributed by atoms with Gasteiger partial charge in [0.15, 0.2) is 11.5 Å². The van der Waals surface area contributed by atoms with Crippen LogP contribution in [0.4, 0.5) is 34.1 Å². The average molecular weight is 1020 g/mol. The van der Waals surface area contributed by atoms with E-state index in [0.717, 1.165) is 55.3 Å². The van der Waals surface area contributed by atoms with E-state index in [0.29, 0.717) is 43.1 Å². The number of hydrogen-bond acceptors (Lipinski definition) is 15. The number of carbonyl (C=O) groups excluding carboxylic acids is 3. The highest BCUT2D eigenvalue weighted by atomic mass is 32.2. The lowest BCUT2D eigenvalue weighted by atomic mass is 9.86. The quantitative estimate of drug-likeness (QED) is 0.0626. The summed E-state index contributed by atoms with van der Waals surface area (Å²) in [6, 6.07) is 21.4. The molecule has 0 aliphatic rings. The molecule has 0 spiro atoms. The van der Waals surface area contributed by atoms with Crippen molar-refractivity contribution in [3.63, 3.8) is 0 Å². The van der Waals surface area contributed by atoms with Crippen LogP contribution in [0.25, 0.3) is 20.2 Å². The molecule has 17 nitrogen and oxygen atoms in total. The minimum Gasteiger partial charge on any atom is -0.492 e. The molecule has 3 amide bonds. The van der Waals surface area contributed by atoms with Gasteiger partial charge in [0.2, 0.25) is 20.0 Å². The van der Waals surface area contributed by atoms with Gasteiger partial charge in [0, 0.05) is 5.69 Å². The molecule has 7 N–H and O–H groups in total. The Morgan fingerprint density at radius 3 is 1.44 bits per heavy atom. The zero-order valence-electron chi connectivity index (χ0n) is 39.1. The lowest BCUT2D eigenvalue weighted by Crippen LogP contribution is -2.18. The number of nitrogen functional groups attached to an aromatic ring is 1. The molecule has 360 valence electrons. The van der Waals surface area contributed by atoms with Crippen molar-refractivity contribution >= 4 is 126 Å². The SMILES string of the molecule is COc1c(NC(=O)c2cc3cccc(N)c3s2)cc(C(C)(C)C)cc1NS(C)(=O)=O.COc1c(NC(=O)c2cc3cccc(NC(=O)c4snnc4C)c3s2)cc(C(C)(C)C)cc1NS(C)(=O)=O. The molecule has 3 aromatic heterocycles. The number of rotatable bonds is 12. The molecule has 0 radical (unpaired) electrons. The van der Waals surface area contributed by atoms with Crippen LogP contribution in [0.2, 0.25) is 0 Å². The summed E-state index contributed by atoms with van der Waals surface area (Å²) in [5, 5.41) is 14.2. The predicted octanol–water partition coefficient (Wildman–Crippen LogP) is 9.66. The molecule has 0 saturated heterocycles. The first-order chi connectivity index (χ1) is 31.6. The Morgan fingerprint density at radius 2 is 1.03 bits per heavy atom. The van der Waals surface area contributed by atoms with Gasteiger partial charge in [-0.1, -0.05) is 70.3 Å². The number of anilines is 6. The molecule has 22 heteroatoms. The molecule has 3 heterocycles. The smallest absolute Gasteiger partial charge is 0.269 e. The Balaban J connectivity index is 0.000000230. The number of amides is 3. The molecule has 0 bridgehead atoms. The highest BCUT2D eigenvalue weighted by Gasteiger charge is 2.26. The lowest BCUT2D eigenvalue weighted by Gasteiger charge is -2.23. The third-order valence-electron chi connectivity index (χ3n) is 10.1. The van der Waals surface area contributed by atoms with Crippen LogP contribution in [-0.2, 0) is 30.9 Å². The van der Waals surface area contributed by atoms with Crippen LogP contribution in [0.15, 0.2) is 72.8 Å². The molecular formula is C46H52N8O9S5. The maximum Gasteiger partial charge on any atom is 0.269 e. The minimum absolute atomic E-state index is 0.194. The summed E-state index contributed by atoms with van der Waals surface area (Å²) < 4.78 is 69.0. The van der Waals surface area contributed by atoms with E-state index < -0.39 is 26.0 Å². The second-order valence-electron chi connectivity index (χ2n) is 17.7. The first kappa shape index (κ1) is 51.1. The zero-order valence-corrected chi connectivity index (χ0v) is 43.2. The number of aryl methyl sites for hydroxylation is 1. The van der Waals surface area contributed by atoms with Crippen LogP contribution < -0.4 is 40.6 Å². The fourth-order valence-corrected chi connectivity index (χ4v) is 10.4. The fourth-order valence-electron chi connectivity index (χ4n) is 6.76. The van der Waals surface area contributed by atoms with Gasteiger partial charge in [-0.15, -0.1) is 27.8 Å². The van der Waals surface area contributed by atoms with Crippen molar-refractivity contribution in [1.29, 1.82) is 0 Å². The van der Waals surface area contributed by atoms with Crippen LogP contribution in [0, 0.1) is 6.92 Å². The summed E-state index contributed by atoms with van der Waals surface area (Å²) in [5.41, 5.74) is 9.95. The second kappa shape index (κ2) is 19.7. The summed E-state index contributed by atoms with van der Waals surface area (Å²) in [7, 11) is -4.32. The van der Waals surface area contributed by atoms with Crippen molar-refractivity contribution < 1.29 is 40.7 Å². The number of nitrogens with one attached hydrogen (secondary N) is 5. The van der Waals surface area contributed by atoms with E-state index in [-0.39, 0.29) is 45.5 Å². The molecule has 0 fully saturated rings. The van der Waals surface area contributed by atoms with Gasteiger partial charge in [0.1, 0.15) is 4.88 Å². The van der Waals surface area contributed by atoms with Crippen molar-refractivity contribution in [2.24, 2.45) is 0 Å². The zero-order chi connectivity index (χ0) is 50.1. The second-order valence-corrected chi connectivity index (χ2v) is 24.1. The number of nitrogens with zero attached hydrogens (tertiary/aromatic N) is 2. The third-order valence-corrected chi connectivity index (χ3v) is 14.5. The van der Waals surface area contributed by atoms with Crippen molar-refractivity contribution in [3.05, 3.63) is 104 Å². The van der Waals surface area contributed by atoms with E-state index in [1.165, 1.54) is 36.9 Å². The third kappa shape index (κ3) is 12.2. The molecule has 0 saturated carbocycles. The van der Waals surface area contributed by atoms with E-state index in [9.17, 15) is 31.2 Å². The summed E-state index contributed by atoms with van der Waals surface area (Å²) in [5.74, 6) is -0.619. The van der Waals surface area contributed by atoms with Crippen LogP contribution in [-0.4, -0.2) is 70.9 Å². The number of ether oxygens (including phenoxy) is 2. The van der Waals surface area contributed by atoms with Crippen molar-refractivity contribution in [2.45, 2.75) is 59.3 Å². The Morgan fingerprint density at radius 1 is 0.603 bits per heavy atom. The highest BCUT2D eigenvalue weighted by molar-refractivity contribution is 7.92. The molecule has 7 rings (SSSR count). The molecule has 0 unspecified atom stereocenters. The summed E-state index contributed by atoms with van der Waals surface area (Å²) >= 11 is 3.54. The monoisotopic (exact) mass is 1020 g/mol. The van der Waals surface area contributed by atoms with Crippen molar-refractivity contribution in [3.8, 4) is 11.5 Å². The van der Waals surface area contributed by atoms with Gasteiger partial charge in [-0.05, 0) is 99.7 Å². The largest absolute Gasteiger partial charge is 0.492 e. The van der Waals surface area contributed by atoms with Gasteiger partial charge < -0.3 is 31.2 Å². The van der Waals surface area contributed by atoms with E-state index >= 15 is 0 Å². The number of benzene rings is 4. The Kier molecular flexibility index (Phi) is 14.8. The van der Waals surface area contributed by atoms with Crippen LogP contribution >= 0.6 is 34.2 Å². The first-order valence-electron chi connectivity index (χ1n) is 20.6. The number of thiophene rings is 2. The summed E-state index contributed by atoms with van der Waals surface area (Å²) in [6.45, 7) is 13.7. The van der Waals surface area contributed by atoms with Crippen molar-refractivity contribution in [1.82, 2.24) is 9.59 Å². The Labute approximate surface area is 407 Å². The van der Waals surface area contributed by atoms with Crippen LogP contribution in [0.3, 0.4) is 0 Å². The predicted molar refractivity (Wildman–Crippen MR) is 277 cm³/mol. The van der Waals surface area contributed by atoms with E-state index in [4.69, 9.17) is 15.2 Å². The maximum absolute atomic E-state index is 13.4. The molecule has 0 aliphatic carbocycles. The Hall–Kier alpha value is -6.33. The van der Waals surface area contributed by atoms with E-state index in [1.807, 2.05) is 59.7 Å².